The Morgan fingerprint density at radius 3 is 3.08 bits per heavy atom. The van der Waals surface area contributed by atoms with E-state index in [0.717, 1.165) is 6.20 Å². The van der Waals surface area contributed by atoms with Crippen LogP contribution in [0.2, 0.25) is 0 Å². The molecule has 0 radical (unpaired) electrons. The molecule has 0 aromatic carbocycles. The molecule has 0 saturated heterocycles. The van der Waals surface area contributed by atoms with E-state index in [0.29, 0.717) is 5.69 Å². The minimum Gasteiger partial charge on any atom is -0.254 e. The maximum atomic E-state index is 12.4. The lowest BCUT2D eigenvalue weighted by Crippen LogP contribution is -1.81. The SMILES string of the molecule is [N-]=[N+]=NCC=Cc1ccc(F)cn1. The van der Waals surface area contributed by atoms with Gasteiger partial charge in [-0.1, -0.05) is 11.2 Å². The van der Waals surface area contributed by atoms with Gasteiger partial charge in [-0.15, -0.1) is 0 Å². The fraction of sp³-hybridized carbons (Fsp3) is 0.125. The van der Waals surface area contributed by atoms with Gasteiger partial charge >= 0.3 is 0 Å². The maximum absolute atomic E-state index is 12.4. The Kier molecular flexibility index (Phi) is 3.47. The van der Waals surface area contributed by atoms with Crippen LogP contribution in [0, 0.1) is 5.82 Å². The number of halogens is 1. The lowest BCUT2D eigenvalue weighted by molar-refractivity contribution is 0.621. The molecule has 0 N–H and O–H groups in total. The van der Waals surface area contributed by atoms with Crippen LogP contribution in [0.3, 0.4) is 0 Å². The topological polar surface area (TPSA) is 61.7 Å². The predicted molar refractivity (Wildman–Crippen MR) is 47.2 cm³/mol. The molecule has 5 heteroatoms. The summed E-state index contributed by atoms with van der Waals surface area (Å²) in [7, 11) is 0. The van der Waals surface area contributed by atoms with E-state index in [4.69, 9.17) is 5.53 Å². The molecule has 0 aliphatic heterocycles. The van der Waals surface area contributed by atoms with Gasteiger partial charge in [-0.3, -0.25) is 4.98 Å². The Morgan fingerprint density at radius 1 is 1.62 bits per heavy atom. The van der Waals surface area contributed by atoms with Gasteiger partial charge in [-0.25, -0.2) is 4.39 Å². The molecule has 0 amide bonds. The molecule has 66 valence electrons. The van der Waals surface area contributed by atoms with Crippen LogP contribution >= 0.6 is 0 Å². The predicted octanol–water partition coefficient (Wildman–Crippen LogP) is 2.54. The van der Waals surface area contributed by atoms with Crippen molar-refractivity contribution < 1.29 is 4.39 Å². The summed E-state index contributed by atoms with van der Waals surface area (Å²) < 4.78 is 12.4. The van der Waals surface area contributed by atoms with E-state index in [-0.39, 0.29) is 12.4 Å². The van der Waals surface area contributed by atoms with Gasteiger partial charge in [0.2, 0.25) is 0 Å². The number of pyridine rings is 1. The average molecular weight is 178 g/mol. The monoisotopic (exact) mass is 178 g/mol. The van der Waals surface area contributed by atoms with E-state index in [1.54, 1.807) is 18.2 Å². The smallest absolute Gasteiger partial charge is 0.141 e. The molecule has 0 aliphatic rings. The van der Waals surface area contributed by atoms with Crippen LogP contribution in [0.25, 0.3) is 16.5 Å². The first kappa shape index (κ1) is 9.22. The third-order valence-corrected chi connectivity index (χ3v) is 1.29. The fourth-order valence-electron chi connectivity index (χ4n) is 0.743. The van der Waals surface area contributed by atoms with Crippen molar-refractivity contribution in [3.8, 4) is 0 Å². The highest BCUT2D eigenvalue weighted by Gasteiger charge is 1.88. The number of azide groups is 1. The average Bonchev–Trinajstić information content (AvgIpc) is 2.15. The molecule has 0 saturated carbocycles. The number of hydrogen-bond acceptors (Lipinski definition) is 2. The molecule has 0 spiro atoms. The van der Waals surface area contributed by atoms with Crippen molar-refractivity contribution in [2.75, 3.05) is 6.54 Å². The molecule has 13 heavy (non-hydrogen) atoms. The van der Waals surface area contributed by atoms with Crippen LogP contribution in [0.4, 0.5) is 4.39 Å². The van der Waals surface area contributed by atoms with Crippen LogP contribution in [0.15, 0.2) is 29.5 Å². The molecule has 0 bridgehead atoms. The van der Waals surface area contributed by atoms with E-state index >= 15 is 0 Å². The van der Waals surface area contributed by atoms with Crippen LogP contribution in [0.5, 0.6) is 0 Å². The summed E-state index contributed by atoms with van der Waals surface area (Å²) in [6.45, 7) is 0.273. The molecular weight excluding hydrogens is 171 g/mol. The quantitative estimate of drug-likeness (QED) is 0.398. The van der Waals surface area contributed by atoms with Crippen molar-refractivity contribution in [1.29, 1.82) is 0 Å². The third-order valence-electron chi connectivity index (χ3n) is 1.29. The molecule has 0 atom stereocenters. The third kappa shape index (κ3) is 3.35. The lowest BCUT2D eigenvalue weighted by Gasteiger charge is -1.90. The summed E-state index contributed by atoms with van der Waals surface area (Å²) in [5.41, 5.74) is 8.59. The highest BCUT2D eigenvalue weighted by molar-refractivity contribution is 5.43. The molecule has 1 heterocycles. The molecule has 1 rings (SSSR count). The Labute approximate surface area is 74.4 Å². The summed E-state index contributed by atoms with van der Waals surface area (Å²) in [5.74, 6) is -0.368. The van der Waals surface area contributed by atoms with E-state index < -0.39 is 0 Å². The second-order valence-corrected chi connectivity index (χ2v) is 2.22. The first-order valence-electron chi connectivity index (χ1n) is 3.62. The standard InChI is InChI=1S/C8H7FN4/c9-7-3-4-8(11-6-7)2-1-5-12-13-10/h1-4,6H,5H2. The fourth-order valence-corrected chi connectivity index (χ4v) is 0.743. The zero-order chi connectivity index (χ0) is 9.52. The van der Waals surface area contributed by atoms with E-state index in [1.807, 2.05) is 0 Å². The van der Waals surface area contributed by atoms with Crippen molar-refractivity contribution in [3.63, 3.8) is 0 Å². The minimum atomic E-state index is -0.368. The van der Waals surface area contributed by atoms with Gasteiger partial charge in [0.15, 0.2) is 0 Å². The van der Waals surface area contributed by atoms with Crippen molar-refractivity contribution in [3.05, 3.63) is 46.4 Å². The van der Waals surface area contributed by atoms with Gasteiger partial charge in [0.05, 0.1) is 11.9 Å². The Balaban J connectivity index is 2.58. The summed E-state index contributed by atoms with van der Waals surface area (Å²) in [5, 5.41) is 3.30. The summed E-state index contributed by atoms with van der Waals surface area (Å²) in [6, 6.07) is 2.86. The van der Waals surface area contributed by atoms with Crippen LogP contribution in [-0.4, -0.2) is 11.5 Å². The van der Waals surface area contributed by atoms with Crippen molar-refractivity contribution in [1.82, 2.24) is 4.98 Å². The zero-order valence-corrected chi connectivity index (χ0v) is 6.76. The number of nitrogens with zero attached hydrogens (tertiary/aromatic N) is 4. The molecule has 0 unspecified atom stereocenters. The van der Waals surface area contributed by atoms with Crippen molar-refractivity contribution in [2.24, 2.45) is 5.11 Å². The van der Waals surface area contributed by atoms with E-state index in [9.17, 15) is 4.39 Å². The summed E-state index contributed by atoms with van der Waals surface area (Å²) in [4.78, 5) is 6.35. The highest BCUT2D eigenvalue weighted by atomic mass is 19.1. The number of aromatic nitrogens is 1. The minimum absolute atomic E-state index is 0.273. The molecular formula is C8H7FN4. The molecule has 0 aliphatic carbocycles. The Morgan fingerprint density at radius 2 is 2.46 bits per heavy atom. The van der Waals surface area contributed by atoms with Gasteiger partial charge in [0.1, 0.15) is 5.82 Å². The molecule has 1 aromatic rings. The second-order valence-electron chi connectivity index (χ2n) is 2.22. The Bertz CT molecular complexity index is 338. The Hall–Kier alpha value is -1.87. The van der Waals surface area contributed by atoms with Crippen LogP contribution < -0.4 is 0 Å². The first-order chi connectivity index (χ1) is 6.33. The van der Waals surface area contributed by atoms with Crippen molar-refractivity contribution >= 4 is 6.08 Å². The van der Waals surface area contributed by atoms with Gasteiger partial charge in [-0.2, -0.15) is 0 Å². The second kappa shape index (κ2) is 4.90. The summed E-state index contributed by atoms with van der Waals surface area (Å²) >= 11 is 0. The maximum Gasteiger partial charge on any atom is 0.141 e. The number of rotatable bonds is 3. The van der Waals surface area contributed by atoms with Crippen molar-refractivity contribution in [2.45, 2.75) is 0 Å². The van der Waals surface area contributed by atoms with E-state index in [1.165, 1.54) is 6.07 Å². The lowest BCUT2D eigenvalue weighted by atomic mass is 10.3. The molecule has 0 fully saturated rings. The van der Waals surface area contributed by atoms with Crippen LogP contribution in [0.1, 0.15) is 5.69 Å². The largest absolute Gasteiger partial charge is 0.254 e. The molecule has 4 nitrogen and oxygen atoms in total. The highest BCUT2D eigenvalue weighted by Crippen LogP contribution is 1.99. The van der Waals surface area contributed by atoms with Gasteiger partial charge in [-0.05, 0) is 23.7 Å². The van der Waals surface area contributed by atoms with Crippen LogP contribution in [-0.2, 0) is 0 Å². The summed E-state index contributed by atoms with van der Waals surface area (Å²) in [6.07, 6.45) is 4.45. The van der Waals surface area contributed by atoms with Gasteiger partial charge < -0.3 is 0 Å². The normalized spacial score (nSPS) is 9.92. The first-order valence-corrected chi connectivity index (χ1v) is 3.62. The van der Waals surface area contributed by atoms with E-state index in [2.05, 4.69) is 15.0 Å². The number of hydrogen-bond donors (Lipinski definition) is 0. The molecule has 1 aromatic heterocycles. The zero-order valence-electron chi connectivity index (χ0n) is 6.76. The van der Waals surface area contributed by atoms with Gasteiger partial charge in [0.25, 0.3) is 0 Å². The van der Waals surface area contributed by atoms with Gasteiger partial charge in [0, 0.05) is 11.5 Å².